The minimum atomic E-state index is -1.36. The quantitative estimate of drug-likeness (QED) is 0.785. The molecule has 0 aliphatic carbocycles. The van der Waals surface area contributed by atoms with Gasteiger partial charge in [-0.25, -0.2) is 4.79 Å². The molecule has 1 aliphatic rings. The molecule has 1 aromatic carbocycles. The lowest BCUT2D eigenvalue weighted by molar-refractivity contribution is -0.135. The van der Waals surface area contributed by atoms with Crippen molar-refractivity contribution >= 4 is 6.09 Å². The van der Waals surface area contributed by atoms with Crippen LogP contribution in [0.1, 0.15) is 19.4 Å². The van der Waals surface area contributed by atoms with Gasteiger partial charge in [-0.15, -0.1) is 0 Å². The zero-order valence-corrected chi connectivity index (χ0v) is 9.60. The molecule has 2 atom stereocenters. The Kier molecular flexibility index (Phi) is 2.20. The molecule has 2 rings (SSSR count). The first-order chi connectivity index (χ1) is 7.39. The number of carbonyl (C=O) groups excluding carboxylic acids is 1. The number of aliphatic hydroxyl groups is 1. The minimum Gasteiger partial charge on any atom is -0.433 e. The predicted octanol–water partition coefficient (Wildman–Crippen LogP) is 1.69. The van der Waals surface area contributed by atoms with Crippen molar-refractivity contribution in [2.75, 3.05) is 7.05 Å². The first kappa shape index (κ1) is 11.0. The van der Waals surface area contributed by atoms with Crippen LogP contribution in [0.2, 0.25) is 0 Å². The summed E-state index contributed by atoms with van der Waals surface area (Å²) in [6.07, 6.45) is -0.517. The molecule has 2 unspecified atom stereocenters. The number of cyclic esters (lactones) is 1. The standard InChI is InChI=1S/C12H15NO3/c1-11(9-7-5-4-6-8-9)12(2,15)13(3)10(14)16-11/h4-8,15H,1-3H3. The Labute approximate surface area is 94.4 Å². The van der Waals surface area contributed by atoms with Crippen molar-refractivity contribution < 1.29 is 14.6 Å². The van der Waals surface area contributed by atoms with Crippen molar-refractivity contribution in [1.82, 2.24) is 4.90 Å². The number of nitrogens with zero attached hydrogens (tertiary/aromatic N) is 1. The van der Waals surface area contributed by atoms with Crippen molar-refractivity contribution in [1.29, 1.82) is 0 Å². The fraction of sp³-hybridized carbons (Fsp3) is 0.417. The Morgan fingerprint density at radius 1 is 1.25 bits per heavy atom. The Balaban J connectivity index is 2.51. The summed E-state index contributed by atoms with van der Waals surface area (Å²) < 4.78 is 5.30. The summed E-state index contributed by atoms with van der Waals surface area (Å²) >= 11 is 0. The highest BCUT2D eigenvalue weighted by Gasteiger charge is 2.58. The first-order valence-corrected chi connectivity index (χ1v) is 5.14. The van der Waals surface area contributed by atoms with E-state index in [-0.39, 0.29) is 0 Å². The van der Waals surface area contributed by atoms with E-state index in [0.717, 1.165) is 5.56 Å². The Morgan fingerprint density at radius 2 is 1.81 bits per heavy atom. The van der Waals surface area contributed by atoms with Crippen LogP contribution >= 0.6 is 0 Å². The molecule has 16 heavy (non-hydrogen) atoms. The summed E-state index contributed by atoms with van der Waals surface area (Å²) in [5.41, 5.74) is -1.62. The highest BCUT2D eigenvalue weighted by molar-refractivity contribution is 5.72. The fourth-order valence-electron chi connectivity index (χ4n) is 1.93. The van der Waals surface area contributed by atoms with Crippen LogP contribution in [-0.4, -0.2) is 28.9 Å². The molecule has 0 saturated carbocycles. The Hall–Kier alpha value is -1.55. The van der Waals surface area contributed by atoms with Crippen molar-refractivity contribution in [3.8, 4) is 0 Å². The molecular weight excluding hydrogens is 206 g/mol. The zero-order valence-electron chi connectivity index (χ0n) is 9.60. The van der Waals surface area contributed by atoms with E-state index >= 15 is 0 Å². The highest BCUT2D eigenvalue weighted by Crippen LogP contribution is 2.43. The van der Waals surface area contributed by atoms with Gasteiger partial charge in [0.1, 0.15) is 0 Å². The van der Waals surface area contributed by atoms with Gasteiger partial charge in [0, 0.05) is 12.6 Å². The third-order valence-electron chi connectivity index (χ3n) is 3.45. The fourth-order valence-corrected chi connectivity index (χ4v) is 1.93. The lowest BCUT2D eigenvalue weighted by atomic mass is 9.86. The molecule has 0 spiro atoms. The number of likely N-dealkylation sites (N-methyl/N-ethyl adjacent to an activating group) is 1. The molecule has 1 amide bonds. The normalized spacial score (nSPS) is 34.0. The molecule has 0 radical (unpaired) electrons. The van der Waals surface area contributed by atoms with Crippen LogP contribution in [0.15, 0.2) is 30.3 Å². The summed E-state index contributed by atoms with van der Waals surface area (Å²) in [5, 5.41) is 10.4. The third-order valence-corrected chi connectivity index (χ3v) is 3.45. The Morgan fingerprint density at radius 3 is 2.25 bits per heavy atom. The molecule has 1 saturated heterocycles. The molecular formula is C12H15NO3. The molecule has 4 nitrogen and oxygen atoms in total. The number of amides is 1. The number of carbonyl (C=O) groups is 1. The average Bonchev–Trinajstić information content (AvgIpc) is 2.42. The van der Waals surface area contributed by atoms with E-state index in [1.54, 1.807) is 13.8 Å². The van der Waals surface area contributed by atoms with Gasteiger partial charge in [0.15, 0.2) is 11.3 Å². The monoisotopic (exact) mass is 221 g/mol. The summed E-state index contributed by atoms with van der Waals surface area (Å²) in [6, 6.07) is 9.25. The molecule has 1 aromatic rings. The Bertz CT molecular complexity index is 416. The maximum atomic E-state index is 11.5. The van der Waals surface area contributed by atoms with Gasteiger partial charge in [-0.3, -0.25) is 4.90 Å². The molecule has 1 N–H and O–H groups in total. The number of benzene rings is 1. The van der Waals surface area contributed by atoms with Crippen LogP contribution in [0, 0.1) is 0 Å². The van der Waals surface area contributed by atoms with E-state index in [4.69, 9.17) is 4.74 Å². The van der Waals surface area contributed by atoms with Crippen molar-refractivity contribution in [3.63, 3.8) is 0 Å². The van der Waals surface area contributed by atoms with Crippen LogP contribution in [0.4, 0.5) is 4.79 Å². The van der Waals surface area contributed by atoms with Crippen molar-refractivity contribution in [3.05, 3.63) is 35.9 Å². The van der Waals surface area contributed by atoms with E-state index in [0.29, 0.717) is 0 Å². The van der Waals surface area contributed by atoms with Crippen molar-refractivity contribution in [2.45, 2.75) is 25.2 Å². The van der Waals surface area contributed by atoms with Gasteiger partial charge >= 0.3 is 6.09 Å². The third kappa shape index (κ3) is 1.23. The second-order valence-electron chi connectivity index (χ2n) is 4.35. The topological polar surface area (TPSA) is 49.8 Å². The predicted molar refractivity (Wildman–Crippen MR) is 58.7 cm³/mol. The second kappa shape index (κ2) is 3.22. The smallest absolute Gasteiger partial charge is 0.412 e. The van der Waals surface area contributed by atoms with Gasteiger partial charge in [-0.05, 0) is 13.8 Å². The van der Waals surface area contributed by atoms with Crippen LogP contribution in [0.3, 0.4) is 0 Å². The van der Waals surface area contributed by atoms with E-state index in [2.05, 4.69) is 0 Å². The first-order valence-electron chi connectivity index (χ1n) is 5.14. The van der Waals surface area contributed by atoms with E-state index in [9.17, 15) is 9.90 Å². The summed E-state index contributed by atoms with van der Waals surface area (Å²) in [4.78, 5) is 12.7. The van der Waals surface area contributed by atoms with Crippen LogP contribution < -0.4 is 0 Å². The molecule has 86 valence electrons. The van der Waals surface area contributed by atoms with Gasteiger partial charge in [-0.2, -0.15) is 0 Å². The largest absolute Gasteiger partial charge is 0.433 e. The molecule has 0 bridgehead atoms. The second-order valence-corrected chi connectivity index (χ2v) is 4.35. The number of ether oxygens (including phenoxy) is 1. The lowest BCUT2D eigenvalue weighted by Gasteiger charge is -2.36. The van der Waals surface area contributed by atoms with Crippen LogP contribution in [0.25, 0.3) is 0 Å². The zero-order chi connectivity index (χ0) is 12.0. The lowest BCUT2D eigenvalue weighted by Crippen LogP contribution is -2.51. The van der Waals surface area contributed by atoms with Gasteiger partial charge in [-0.1, -0.05) is 30.3 Å². The number of hydrogen-bond donors (Lipinski definition) is 1. The maximum absolute atomic E-state index is 11.5. The SMILES string of the molecule is CN1C(=O)OC(C)(c2ccccc2)C1(C)O. The van der Waals surface area contributed by atoms with Crippen molar-refractivity contribution in [2.24, 2.45) is 0 Å². The number of rotatable bonds is 1. The summed E-state index contributed by atoms with van der Waals surface area (Å²) in [6.45, 7) is 3.29. The molecule has 1 heterocycles. The summed E-state index contributed by atoms with van der Waals surface area (Å²) in [7, 11) is 1.52. The molecule has 1 aliphatic heterocycles. The van der Waals surface area contributed by atoms with Gasteiger partial charge in [0.2, 0.25) is 0 Å². The van der Waals surface area contributed by atoms with E-state index < -0.39 is 17.4 Å². The molecule has 0 aromatic heterocycles. The van der Waals surface area contributed by atoms with E-state index in [1.807, 2.05) is 30.3 Å². The maximum Gasteiger partial charge on any atom is 0.412 e. The van der Waals surface area contributed by atoms with Crippen LogP contribution in [-0.2, 0) is 10.3 Å². The van der Waals surface area contributed by atoms with Gasteiger partial charge < -0.3 is 9.84 Å². The average molecular weight is 221 g/mol. The van der Waals surface area contributed by atoms with Crippen LogP contribution in [0.5, 0.6) is 0 Å². The molecule has 1 fully saturated rings. The molecule has 4 heteroatoms. The minimum absolute atomic E-state index is 0.517. The number of hydrogen-bond acceptors (Lipinski definition) is 3. The van der Waals surface area contributed by atoms with Gasteiger partial charge in [0.05, 0.1) is 0 Å². The van der Waals surface area contributed by atoms with E-state index in [1.165, 1.54) is 11.9 Å². The highest BCUT2D eigenvalue weighted by atomic mass is 16.6. The van der Waals surface area contributed by atoms with Gasteiger partial charge in [0.25, 0.3) is 0 Å². The summed E-state index contributed by atoms with van der Waals surface area (Å²) in [5.74, 6) is 0.